The molecule has 0 aromatic carbocycles. The van der Waals surface area contributed by atoms with E-state index < -0.39 is 5.97 Å². The van der Waals surface area contributed by atoms with E-state index in [1.807, 2.05) is 0 Å². The fraction of sp³-hybridized carbons (Fsp3) is 0.333. The van der Waals surface area contributed by atoms with E-state index in [9.17, 15) is 9.59 Å². The Labute approximate surface area is 89.4 Å². The Balaban J connectivity index is 2.55. The van der Waals surface area contributed by atoms with E-state index in [-0.39, 0.29) is 24.6 Å². The Morgan fingerprint density at radius 2 is 2.21 bits per heavy atom. The largest absolute Gasteiger partial charge is 0.466 e. The molecule has 1 heterocycles. The Morgan fingerprint density at radius 1 is 1.50 bits per heavy atom. The van der Waals surface area contributed by atoms with E-state index in [4.69, 9.17) is 4.42 Å². The number of carbonyl (C=O) groups excluding carboxylic acids is 2. The highest BCUT2D eigenvalue weighted by Crippen LogP contribution is 2.15. The minimum absolute atomic E-state index is 0.157. The van der Waals surface area contributed by atoms with Crippen LogP contribution in [0.5, 0.6) is 0 Å². The molecule has 0 bridgehead atoms. The van der Waals surface area contributed by atoms with Crippen LogP contribution in [0.2, 0.25) is 0 Å². The molecule has 1 aromatic rings. The third-order valence-corrected chi connectivity index (χ3v) is 1.88. The smallest absolute Gasteiger partial charge is 0.313 e. The normalized spacial score (nSPS) is 9.86. The van der Waals surface area contributed by atoms with Crippen molar-refractivity contribution in [1.29, 1.82) is 0 Å². The molecule has 76 valence electrons. The van der Waals surface area contributed by atoms with Crippen molar-refractivity contribution in [2.75, 3.05) is 6.61 Å². The number of furan rings is 1. The van der Waals surface area contributed by atoms with Gasteiger partial charge in [-0.2, -0.15) is 0 Å². The van der Waals surface area contributed by atoms with E-state index in [1.54, 1.807) is 13.0 Å². The zero-order valence-electron chi connectivity index (χ0n) is 7.58. The molecule has 0 atom stereocenters. The summed E-state index contributed by atoms with van der Waals surface area (Å²) in [7, 11) is 0. The molecule has 0 unspecified atom stereocenters. The summed E-state index contributed by atoms with van der Waals surface area (Å²) in [5.74, 6) is -0.760. The van der Waals surface area contributed by atoms with Crippen molar-refractivity contribution in [2.24, 2.45) is 0 Å². The molecule has 0 fully saturated rings. The quantitative estimate of drug-likeness (QED) is 0.473. The van der Waals surface area contributed by atoms with Crippen molar-refractivity contribution in [1.82, 2.24) is 0 Å². The predicted molar refractivity (Wildman–Crippen MR) is 52.0 cm³/mol. The lowest BCUT2D eigenvalue weighted by Crippen LogP contribution is -2.10. The average Bonchev–Trinajstić information content (AvgIpc) is 2.52. The Hall–Kier alpha value is -1.10. The van der Waals surface area contributed by atoms with Gasteiger partial charge in [-0.05, 0) is 35.0 Å². The third kappa shape index (κ3) is 2.99. The lowest BCUT2D eigenvalue weighted by Gasteiger charge is -1.98. The number of Topliss-reactive ketones (excluding diaryl/α,β-unsaturated/α-hetero) is 1. The van der Waals surface area contributed by atoms with Crippen LogP contribution in [0.15, 0.2) is 21.2 Å². The Morgan fingerprint density at radius 3 is 2.71 bits per heavy atom. The lowest BCUT2D eigenvalue weighted by molar-refractivity contribution is -0.142. The second kappa shape index (κ2) is 4.95. The monoisotopic (exact) mass is 260 g/mol. The molecule has 0 saturated heterocycles. The first kappa shape index (κ1) is 11.0. The number of ether oxygens (including phenoxy) is 1. The van der Waals surface area contributed by atoms with Gasteiger partial charge < -0.3 is 9.15 Å². The average molecular weight is 261 g/mol. The first-order chi connectivity index (χ1) is 6.63. The van der Waals surface area contributed by atoms with Crippen molar-refractivity contribution < 1.29 is 18.7 Å². The number of hydrogen-bond donors (Lipinski definition) is 0. The van der Waals surface area contributed by atoms with E-state index >= 15 is 0 Å². The molecule has 1 aromatic heterocycles. The van der Waals surface area contributed by atoms with Crippen LogP contribution in [0, 0.1) is 0 Å². The summed E-state index contributed by atoms with van der Waals surface area (Å²) in [4.78, 5) is 22.3. The summed E-state index contributed by atoms with van der Waals surface area (Å²) < 4.78 is 10.1. The number of hydrogen-bond acceptors (Lipinski definition) is 4. The van der Waals surface area contributed by atoms with Crippen molar-refractivity contribution in [3.8, 4) is 0 Å². The number of esters is 1. The van der Waals surface area contributed by atoms with Gasteiger partial charge in [0, 0.05) is 0 Å². The highest BCUT2D eigenvalue weighted by Gasteiger charge is 2.15. The van der Waals surface area contributed by atoms with Gasteiger partial charge in [0.1, 0.15) is 6.42 Å². The summed E-state index contributed by atoms with van der Waals surface area (Å²) in [6.07, 6.45) is -0.284. The molecular formula is C9H9BrO4. The van der Waals surface area contributed by atoms with Crippen LogP contribution in [0.25, 0.3) is 0 Å². The van der Waals surface area contributed by atoms with E-state index in [2.05, 4.69) is 20.7 Å². The molecule has 5 heteroatoms. The molecule has 0 radical (unpaired) electrons. The maximum absolute atomic E-state index is 11.3. The van der Waals surface area contributed by atoms with Gasteiger partial charge in [-0.3, -0.25) is 9.59 Å². The summed E-state index contributed by atoms with van der Waals surface area (Å²) in [6, 6.07) is 3.10. The molecule has 0 aliphatic heterocycles. The minimum atomic E-state index is -0.537. The summed E-state index contributed by atoms with van der Waals surface area (Å²) in [6.45, 7) is 1.96. The van der Waals surface area contributed by atoms with E-state index in [0.717, 1.165) is 0 Å². The van der Waals surface area contributed by atoms with Crippen LogP contribution in [-0.2, 0) is 9.53 Å². The molecular weight excluding hydrogens is 252 g/mol. The first-order valence-electron chi connectivity index (χ1n) is 4.07. The van der Waals surface area contributed by atoms with Crippen LogP contribution >= 0.6 is 15.9 Å². The van der Waals surface area contributed by atoms with Gasteiger partial charge in [-0.15, -0.1) is 0 Å². The molecule has 14 heavy (non-hydrogen) atoms. The van der Waals surface area contributed by atoms with Crippen LogP contribution in [0.1, 0.15) is 23.9 Å². The van der Waals surface area contributed by atoms with Crippen molar-refractivity contribution in [3.05, 3.63) is 22.6 Å². The van der Waals surface area contributed by atoms with E-state index in [0.29, 0.717) is 4.67 Å². The molecule has 0 spiro atoms. The predicted octanol–water partition coefficient (Wildman–Crippen LogP) is 2.18. The van der Waals surface area contributed by atoms with Crippen LogP contribution < -0.4 is 0 Å². The van der Waals surface area contributed by atoms with Gasteiger partial charge in [0.25, 0.3) is 0 Å². The van der Waals surface area contributed by atoms with Crippen molar-refractivity contribution in [2.45, 2.75) is 13.3 Å². The van der Waals surface area contributed by atoms with Crippen LogP contribution in [0.4, 0.5) is 0 Å². The van der Waals surface area contributed by atoms with Crippen LogP contribution in [0.3, 0.4) is 0 Å². The zero-order chi connectivity index (χ0) is 10.6. The summed E-state index contributed by atoms with van der Waals surface area (Å²) in [5, 5.41) is 0. The Bertz CT molecular complexity index is 342. The fourth-order valence-corrected chi connectivity index (χ4v) is 1.20. The molecule has 0 aliphatic rings. The van der Waals surface area contributed by atoms with Gasteiger partial charge in [0.2, 0.25) is 5.78 Å². The zero-order valence-corrected chi connectivity index (χ0v) is 9.17. The van der Waals surface area contributed by atoms with Gasteiger partial charge >= 0.3 is 5.97 Å². The number of carbonyl (C=O) groups is 2. The van der Waals surface area contributed by atoms with E-state index in [1.165, 1.54) is 6.07 Å². The SMILES string of the molecule is CCOC(=O)CC(=O)c1ccc(Br)o1. The second-order valence-corrected chi connectivity index (χ2v) is 3.29. The molecule has 4 nitrogen and oxygen atoms in total. The van der Waals surface area contributed by atoms with Crippen molar-refractivity contribution in [3.63, 3.8) is 0 Å². The lowest BCUT2D eigenvalue weighted by atomic mass is 10.2. The van der Waals surface area contributed by atoms with Gasteiger partial charge in [0.05, 0.1) is 6.61 Å². The third-order valence-electron chi connectivity index (χ3n) is 1.46. The second-order valence-electron chi connectivity index (χ2n) is 2.51. The molecule has 0 saturated carbocycles. The maximum Gasteiger partial charge on any atom is 0.313 e. The highest BCUT2D eigenvalue weighted by atomic mass is 79.9. The van der Waals surface area contributed by atoms with Crippen LogP contribution in [-0.4, -0.2) is 18.4 Å². The number of ketones is 1. The van der Waals surface area contributed by atoms with Gasteiger partial charge in [0.15, 0.2) is 10.4 Å². The number of rotatable bonds is 4. The highest BCUT2D eigenvalue weighted by molar-refractivity contribution is 9.10. The standard InChI is InChI=1S/C9H9BrO4/c1-2-13-9(12)5-6(11)7-3-4-8(10)14-7/h3-4H,2,5H2,1H3. The summed E-state index contributed by atoms with van der Waals surface area (Å²) >= 11 is 3.06. The molecule has 0 aliphatic carbocycles. The molecule has 1 rings (SSSR count). The first-order valence-corrected chi connectivity index (χ1v) is 4.87. The Kier molecular flexibility index (Phi) is 3.88. The molecule has 0 N–H and O–H groups in total. The van der Waals surface area contributed by atoms with Crippen molar-refractivity contribution >= 4 is 27.7 Å². The summed E-state index contributed by atoms with van der Waals surface area (Å²) in [5.41, 5.74) is 0. The minimum Gasteiger partial charge on any atom is -0.466 e. The topological polar surface area (TPSA) is 56.5 Å². The van der Waals surface area contributed by atoms with Gasteiger partial charge in [-0.25, -0.2) is 0 Å². The number of halogens is 1. The van der Waals surface area contributed by atoms with Gasteiger partial charge in [-0.1, -0.05) is 0 Å². The molecule has 0 amide bonds. The fourth-order valence-electron chi connectivity index (χ4n) is 0.894. The maximum atomic E-state index is 11.3.